The number of amides is 2. The van der Waals surface area contributed by atoms with Gasteiger partial charge in [-0.05, 0) is 44.0 Å². The van der Waals surface area contributed by atoms with Crippen LogP contribution in [0.15, 0.2) is 30.5 Å². The molecule has 1 aromatic heterocycles. The van der Waals surface area contributed by atoms with E-state index in [1.165, 1.54) is 31.2 Å². The summed E-state index contributed by atoms with van der Waals surface area (Å²) >= 11 is 0. The van der Waals surface area contributed by atoms with Gasteiger partial charge in [0.2, 0.25) is 5.91 Å². The summed E-state index contributed by atoms with van der Waals surface area (Å²) in [6.07, 6.45) is 0.233. The van der Waals surface area contributed by atoms with Crippen LogP contribution in [0.4, 0.5) is 13.2 Å². The van der Waals surface area contributed by atoms with Gasteiger partial charge in [0, 0.05) is 24.6 Å². The van der Waals surface area contributed by atoms with E-state index in [-0.39, 0.29) is 42.8 Å². The normalized spacial score (nSPS) is 14.2. The van der Waals surface area contributed by atoms with Gasteiger partial charge in [-0.3, -0.25) is 9.59 Å². The van der Waals surface area contributed by atoms with Crippen molar-refractivity contribution in [2.75, 3.05) is 13.2 Å². The Bertz CT molecular complexity index is 996. The van der Waals surface area contributed by atoms with Crippen LogP contribution in [-0.2, 0) is 15.7 Å². The lowest BCUT2D eigenvalue weighted by atomic mass is 10.1. The van der Waals surface area contributed by atoms with Gasteiger partial charge in [-0.25, -0.2) is 9.48 Å². The Morgan fingerprint density at radius 2 is 1.82 bits per heavy atom. The van der Waals surface area contributed by atoms with E-state index < -0.39 is 29.3 Å². The zero-order valence-electron chi connectivity index (χ0n) is 18.1. The molecule has 2 N–H and O–H groups in total. The molecule has 2 amide bonds. The lowest BCUT2D eigenvalue weighted by Gasteiger charge is -2.13. The Morgan fingerprint density at radius 1 is 1.15 bits per heavy atom. The first kappa shape index (κ1) is 24.3. The second kappa shape index (κ2) is 10.5. The van der Waals surface area contributed by atoms with Crippen molar-refractivity contribution in [2.45, 2.75) is 51.2 Å². The Morgan fingerprint density at radius 3 is 2.42 bits per heavy atom. The Balaban J connectivity index is 1.64. The molecule has 2 aromatic rings. The molecular formula is C22H25F3N4O4. The molecule has 0 bridgehead atoms. The van der Waals surface area contributed by atoms with Crippen molar-refractivity contribution in [1.82, 2.24) is 20.4 Å². The first-order valence-electron chi connectivity index (χ1n) is 10.7. The van der Waals surface area contributed by atoms with Crippen molar-refractivity contribution in [3.05, 3.63) is 47.3 Å². The van der Waals surface area contributed by atoms with Gasteiger partial charge in [-0.2, -0.15) is 18.3 Å². The van der Waals surface area contributed by atoms with Gasteiger partial charge >= 0.3 is 12.1 Å². The fourth-order valence-corrected chi connectivity index (χ4v) is 3.69. The van der Waals surface area contributed by atoms with Gasteiger partial charge in [0.25, 0.3) is 5.91 Å². The fourth-order valence-electron chi connectivity index (χ4n) is 3.69. The maximum atomic E-state index is 13.6. The summed E-state index contributed by atoms with van der Waals surface area (Å²) in [5.41, 5.74) is -1.72. The van der Waals surface area contributed by atoms with Gasteiger partial charge in [-0.1, -0.05) is 12.8 Å². The number of nitrogens with zero attached hydrogens (tertiary/aromatic N) is 2. The number of aromatic nitrogens is 2. The largest absolute Gasteiger partial charge is 0.462 e. The summed E-state index contributed by atoms with van der Waals surface area (Å²) in [5.74, 6) is -1.71. The molecule has 1 aliphatic rings. The van der Waals surface area contributed by atoms with Crippen molar-refractivity contribution in [3.63, 3.8) is 0 Å². The monoisotopic (exact) mass is 466 g/mol. The molecule has 1 saturated carbocycles. The summed E-state index contributed by atoms with van der Waals surface area (Å²) in [4.78, 5) is 36.1. The first-order valence-corrected chi connectivity index (χ1v) is 10.7. The number of benzene rings is 1. The molecule has 8 nitrogen and oxygen atoms in total. The Hall–Kier alpha value is -3.37. The number of ether oxygens (including phenoxy) is 1. The predicted molar refractivity (Wildman–Crippen MR) is 112 cm³/mol. The minimum Gasteiger partial charge on any atom is -0.462 e. The van der Waals surface area contributed by atoms with E-state index in [1.807, 2.05) is 0 Å². The highest BCUT2D eigenvalue weighted by atomic mass is 19.4. The minimum atomic E-state index is -4.85. The Labute approximate surface area is 188 Å². The fraction of sp³-hybridized carbons (Fsp3) is 0.455. The standard InChI is InChI=1S/C22H25F3N4O4/c1-2-33-21(32)17-13-27-29(19(17)22(23,24)25)16-9-7-14(8-10-16)20(31)26-12-11-18(30)28-15-5-3-4-6-15/h7-10,13,15H,2-6,11-12H2,1H3,(H,26,31)(H,28,30). The van der Waals surface area contributed by atoms with Gasteiger partial charge in [-0.15, -0.1) is 0 Å². The molecule has 3 rings (SSSR count). The zero-order valence-corrected chi connectivity index (χ0v) is 18.1. The van der Waals surface area contributed by atoms with Crippen LogP contribution in [0.3, 0.4) is 0 Å². The highest BCUT2D eigenvalue weighted by Gasteiger charge is 2.41. The molecular weight excluding hydrogens is 441 g/mol. The number of hydrogen-bond donors (Lipinski definition) is 2. The molecule has 1 heterocycles. The molecule has 1 aliphatic carbocycles. The van der Waals surface area contributed by atoms with Crippen LogP contribution < -0.4 is 10.6 Å². The highest BCUT2D eigenvalue weighted by molar-refractivity contribution is 5.94. The van der Waals surface area contributed by atoms with E-state index >= 15 is 0 Å². The molecule has 33 heavy (non-hydrogen) atoms. The molecule has 0 radical (unpaired) electrons. The van der Waals surface area contributed by atoms with Crippen LogP contribution in [0.25, 0.3) is 5.69 Å². The van der Waals surface area contributed by atoms with E-state index in [2.05, 4.69) is 20.5 Å². The van der Waals surface area contributed by atoms with Crippen LogP contribution in [-0.4, -0.2) is 46.8 Å². The van der Waals surface area contributed by atoms with Crippen LogP contribution in [0, 0.1) is 0 Å². The van der Waals surface area contributed by atoms with Crippen LogP contribution in [0.2, 0.25) is 0 Å². The minimum absolute atomic E-state index is 0.0189. The van der Waals surface area contributed by atoms with E-state index in [0.717, 1.165) is 31.9 Å². The summed E-state index contributed by atoms with van der Waals surface area (Å²) in [7, 11) is 0. The lowest BCUT2D eigenvalue weighted by Crippen LogP contribution is -2.35. The number of alkyl halides is 3. The zero-order chi connectivity index (χ0) is 24.0. The van der Waals surface area contributed by atoms with Crippen molar-refractivity contribution >= 4 is 17.8 Å². The molecule has 0 unspecified atom stereocenters. The van der Waals surface area contributed by atoms with Gasteiger partial charge in [0.1, 0.15) is 5.56 Å². The number of halogens is 3. The average molecular weight is 466 g/mol. The lowest BCUT2D eigenvalue weighted by molar-refractivity contribution is -0.143. The highest BCUT2D eigenvalue weighted by Crippen LogP contribution is 2.34. The predicted octanol–water partition coefficient (Wildman–Crippen LogP) is 3.25. The third kappa shape index (κ3) is 6.11. The smallest absolute Gasteiger partial charge is 0.434 e. The SMILES string of the molecule is CCOC(=O)c1cnn(-c2ccc(C(=O)NCCC(=O)NC3CCCC3)cc2)c1C(F)(F)F. The summed E-state index contributed by atoms with van der Waals surface area (Å²) in [6.45, 7) is 1.55. The second-order valence-corrected chi connectivity index (χ2v) is 7.64. The summed E-state index contributed by atoms with van der Waals surface area (Å²) in [6, 6.07) is 5.47. The maximum Gasteiger partial charge on any atom is 0.434 e. The number of nitrogens with one attached hydrogen (secondary N) is 2. The number of rotatable bonds is 8. The number of carbonyl (C=O) groups excluding carboxylic acids is 3. The van der Waals surface area contributed by atoms with E-state index in [0.29, 0.717) is 4.68 Å². The quantitative estimate of drug-likeness (QED) is 0.582. The third-order valence-corrected chi connectivity index (χ3v) is 5.27. The summed E-state index contributed by atoms with van der Waals surface area (Å²) < 4.78 is 46.1. The Kier molecular flexibility index (Phi) is 7.72. The molecule has 1 fully saturated rings. The van der Waals surface area contributed by atoms with Crippen LogP contribution in [0.1, 0.15) is 65.4 Å². The molecule has 1 aromatic carbocycles. The number of carbonyl (C=O) groups is 3. The van der Waals surface area contributed by atoms with Gasteiger partial charge < -0.3 is 15.4 Å². The number of hydrogen-bond acceptors (Lipinski definition) is 5. The first-order chi connectivity index (χ1) is 15.7. The topological polar surface area (TPSA) is 102 Å². The molecule has 0 spiro atoms. The molecule has 0 aliphatic heterocycles. The molecule has 11 heteroatoms. The van der Waals surface area contributed by atoms with Gasteiger partial charge in [0.05, 0.1) is 18.5 Å². The van der Waals surface area contributed by atoms with Crippen molar-refractivity contribution < 1.29 is 32.3 Å². The molecule has 178 valence electrons. The van der Waals surface area contributed by atoms with E-state index in [1.54, 1.807) is 0 Å². The van der Waals surface area contributed by atoms with Crippen LogP contribution >= 0.6 is 0 Å². The van der Waals surface area contributed by atoms with E-state index in [4.69, 9.17) is 0 Å². The third-order valence-electron chi connectivity index (χ3n) is 5.27. The number of esters is 1. The second-order valence-electron chi connectivity index (χ2n) is 7.64. The van der Waals surface area contributed by atoms with Crippen LogP contribution in [0.5, 0.6) is 0 Å². The van der Waals surface area contributed by atoms with Gasteiger partial charge in [0.15, 0.2) is 5.69 Å². The average Bonchev–Trinajstić information content (AvgIpc) is 3.43. The van der Waals surface area contributed by atoms with Crippen molar-refractivity contribution in [2.24, 2.45) is 0 Å². The van der Waals surface area contributed by atoms with Crippen molar-refractivity contribution in [1.29, 1.82) is 0 Å². The summed E-state index contributed by atoms with van der Waals surface area (Å²) in [5, 5.41) is 9.24. The van der Waals surface area contributed by atoms with Crippen molar-refractivity contribution in [3.8, 4) is 5.69 Å². The maximum absolute atomic E-state index is 13.6. The molecule has 0 saturated heterocycles. The van der Waals surface area contributed by atoms with E-state index in [9.17, 15) is 27.6 Å². The molecule has 0 atom stereocenters.